The normalized spacial score (nSPS) is 9.88. The molecule has 1 aromatic rings. The van der Waals surface area contributed by atoms with Crippen LogP contribution in [0.25, 0.3) is 0 Å². The lowest BCUT2D eigenvalue weighted by molar-refractivity contribution is -0.140. The molecule has 0 saturated carbocycles. The second kappa shape index (κ2) is 6.44. The summed E-state index contributed by atoms with van der Waals surface area (Å²) in [7, 11) is 1.68. The monoisotopic (exact) mass is 304 g/mol. The number of anilines is 2. The molecule has 0 atom stereocenters. The van der Waals surface area contributed by atoms with Gasteiger partial charge in [0.05, 0.1) is 22.5 Å². The summed E-state index contributed by atoms with van der Waals surface area (Å²) in [6.45, 7) is 2.12. The molecule has 17 heavy (non-hydrogen) atoms. The van der Waals surface area contributed by atoms with E-state index in [1.807, 2.05) is 0 Å². The van der Waals surface area contributed by atoms with Gasteiger partial charge in [-0.25, -0.2) is 4.39 Å². The van der Waals surface area contributed by atoms with Crippen LogP contribution >= 0.6 is 15.9 Å². The van der Waals surface area contributed by atoms with Crippen LogP contribution in [0.1, 0.15) is 6.92 Å². The van der Waals surface area contributed by atoms with Crippen LogP contribution in [0.3, 0.4) is 0 Å². The van der Waals surface area contributed by atoms with E-state index in [1.165, 1.54) is 6.07 Å². The predicted octanol–water partition coefficient (Wildman–Crippen LogP) is 2.60. The molecule has 0 aliphatic carbocycles. The molecular weight excluding hydrogens is 291 g/mol. The minimum absolute atomic E-state index is 0.0423. The molecule has 2 N–H and O–H groups in total. The van der Waals surface area contributed by atoms with Crippen LogP contribution in [-0.4, -0.2) is 26.2 Å². The summed E-state index contributed by atoms with van der Waals surface area (Å²) in [6, 6.07) is 2.88. The Hall–Kier alpha value is -1.30. The van der Waals surface area contributed by atoms with E-state index in [1.54, 1.807) is 20.0 Å². The van der Waals surface area contributed by atoms with Crippen LogP contribution in [0, 0.1) is 5.82 Å². The van der Waals surface area contributed by atoms with E-state index < -0.39 is 0 Å². The van der Waals surface area contributed by atoms with Gasteiger partial charge in [-0.1, -0.05) is 0 Å². The fraction of sp³-hybridized carbons (Fsp3) is 0.364. The van der Waals surface area contributed by atoms with Gasteiger partial charge in [0.15, 0.2) is 0 Å². The number of rotatable bonds is 5. The van der Waals surface area contributed by atoms with Crippen molar-refractivity contribution >= 4 is 33.3 Å². The van der Waals surface area contributed by atoms with Crippen molar-refractivity contribution in [1.82, 2.24) is 0 Å². The summed E-state index contributed by atoms with van der Waals surface area (Å²) >= 11 is 3.14. The van der Waals surface area contributed by atoms with Crippen LogP contribution in [0.5, 0.6) is 0 Å². The molecular formula is C11H14BrFN2O2. The third-order valence-corrected chi connectivity index (χ3v) is 2.85. The van der Waals surface area contributed by atoms with Crippen molar-refractivity contribution in [2.24, 2.45) is 0 Å². The highest BCUT2D eigenvalue weighted by Gasteiger charge is 2.11. The number of halogens is 2. The predicted molar refractivity (Wildman–Crippen MR) is 68.8 cm³/mol. The first-order valence-corrected chi connectivity index (χ1v) is 5.94. The van der Waals surface area contributed by atoms with E-state index in [-0.39, 0.29) is 18.3 Å². The van der Waals surface area contributed by atoms with Crippen LogP contribution in [0.4, 0.5) is 15.8 Å². The van der Waals surface area contributed by atoms with Crippen molar-refractivity contribution in [2.45, 2.75) is 6.92 Å². The smallest absolute Gasteiger partial charge is 0.325 e. The van der Waals surface area contributed by atoms with Gasteiger partial charge in [0.2, 0.25) is 0 Å². The van der Waals surface area contributed by atoms with Crippen LogP contribution in [-0.2, 0) is 9.53 Å². The zero-order valence-electron chi connectivity index (χ0n) is 9.64. The molecule has 0 radical (unpaired) electrons. The number of esters is 1. The molecule has 4 nitrogen and oxygen atoms in total. The van der Waals surface area contributed by atoms with E-state index in [9.17, 15) is 9.18 Å². The van der Waals surface area contributed by atoms with Gasteiger partial charge >= 0.3 is 5.97 Å². The number of hydrogen-bond donors (Lipinski definition) is 2. The molecule has 0 amide bonds. The maximum absolute atomic E-state index is 13.3. The first kappa shape index (κ1) is 13.8. The molecule has 0 bridgehead atoms. The Labute approximate surface area is 108 Å². The van der Waals surface area contributed by atoms with Gasteiger partial charge in [-0.15, -0.1) is 0 Å². The second-order valence-electron chi connectivity index (χ2n) is 3.19. The third-order valence-electron chi connectivity index (χ3n) is 2.07. The van der Waals surface area contributed by atoms with Gasteiger partial charge in [-0.3, -0.25) is 4.79 Å². The van der Waals surface area contributed by atoms with E-state index in [0.29, 0.717) is 22.5 Å². The average Bonchev–Trinajstić information content (AvgIpc) is 2.31. The molecule has 0 aromatic heterocycles. The van der Waals surface area contributed by atoms with Crippen LogP contribution < -0.4 is 10.6 Å². The molecule has 6 heteroatoms. The second-order valence-corrected chi connectivity index (χ2v) is 3.99. The maximum atomic E-state index is 13.3. The molecule has 0 fully saturated rings. The fourth-order valence-electron chi connectivity index (χ4n) is 1.32. The SMILES string of the molecule is CCOC(=O)CNc1ccc(F)c(Br)c1NC. The highest BCUT2D eigenvalue weighted by molar-refractivity contribution is 9.10. The summed E-state index contributed by atoms with van der Waals surface area (Å²) in [5, 5.41) is 5.74. The molecule has 1 aromatic carbocycles. The van der Waals surface area contributed by atoms with Gasteiger partial charge in [-0.2, -0.15) is 0 Å². The lowest BCUT2D eigenvalue weighted by Crippen LogP contribution is -2.17. The minimum atomic E-state index is -0.365. The van der Waals surface area contributed by atoms with Crippen molar-refractivity contribution in [2.75, 3.05) is 30.8 Å². The average molecular weight is 305 g/mol. The van der Waals surface area contributed by atoms with E-state index in [0.717, 1.165) is 0 Å². The van der Waals surface area contributed by atoms with Crippen molar-refractivity contribution in [3.8, 4) is 0 Å². The summed E-state index contributed by atoms with van der Waals surface area (Å²) < 4.78 is 18.4. The largest absolute Gasteiger partial charge is 0.465 e. The maximum Gasteiger partial charge on any atom is 0.325 e. The quantitative estimate of drug-likeness (QED) is 0.821. The third kappa shape index (κ3) is 3.59. The molecule has 94 valence electrons. The summed E-state index contributed by atoms with van der Waals surface area (Å²) in [5.41, 5.74) is 1.20. The highest BCUT2D eigenvalue weighted by atomic mass is 79.9. The lowest BCUT2D eigenvalue weighted by atomic mass is 10.2. The standard InChI is InChI=1S/C11H14BrFN2O2/c1-3-17-9(16)6-15-8-5-4-7(13)10(12)11(8)14-2/h4-5,14-15H,3,6H2,1-2H3. The van der Waals surface area contributed by atoms with E-state index in [2.05, 4.69) is 26.6 Å². The Balaban J connectivity index is 2.77. The Bertz CT molecular complexity index is 413. The molecule has 0 unspecified atom stereocenters. The Morgan fingerprint density at radius 1 is 1.53 bits per heavy atom. The molecule has 0 aliphatic heterocycles. The van der Waals surface area contributed by atoms with Gasteiger partial charge in [-0.05, 0) is 35.0 Å². The Morgan fingerprint density at radius 2 is 2.24 bits per heavy atom. The van der Waals surface area contributed by atoms with Crippen LogP contribution in [0.15, 0.2) is 16.6 Å². The van der Waals surface area contributed by atoms with E-state index in [4.69, 9.17) is 4.74 Å². The first-order chi connectivity index (χ1) is 8.10. The molecule has 0 aliphatic rings. The summed E-state index contributed by atoms with van der Waals surface area (Å²) in [5.74, 6) is -0.717. The van der Waals surface area contributed by atoms with Crippen molar-refractivity contribution in [3.05, 3.63) is 22.4 Å². The Kier molecular flexibility index (Phi) is 5.21. The fourth-order valence-corrected chi connectivity index (χ4v) is 1.87. The summed E-state index contributed by atoms with van der Waals surface area (Å²) in [4.78, 5) is 11.2. The molecule has 1 rings (SSSR count). The molecule has 0 saturated heterocycles. The lowest BCUT2D eigenvalue weighted by Gasteiger charge is -2.13. The van der Waals surface area contributed by atoms with E-state index >= 15 is 0 Å². The van der Waals surface area contributed by atoms with Gasteiger partial charge in [0.25, 0.3) is 0 Å². The van der Waals surface area contributed by atoms with Crippen molar-refractivity contribution in [3.63, 3.8) is 0 Å². The summed E-state index contributed by atoms with van der Waals surface area (Å²) in [6.07, 6.45) is 0. The van der Waals surface area contributed by atoms with Gasteiger partial charge < -0.3 is 15.4 Å². The number of hydrogen-bond acceptors (Lipinski definition) is 4. The highest BCUT2D eigenvalue weighted by Crippen LogP contribution is 2.32. The first-order valence-electron chi connectivity index (χ1n) is 5.15. The van der Waals surface area contributed by atoms with Gasteiger partial charge in [0, 0.05) is 7.05 Å². The number of ether oxygens (including phenoxy) is 1. The number of nitrogens with one attached hydrogen (secondary N) is 2. The molecule has 0 heterocycles. The van der Waals surface area contributed by atoms with Crippen LogP contribution in [0.2, 0.25) is 0 Å². The zero-order chi connectivity index (χ0) is 12.8. The number of benzene rings is 1. The Morgan fingerprint density at radius 3 is 2.82 bits per heavy atom. The van der Waals surface area contributed by atoms with Gasteiger partial charge in [0.1, 0.15) is 12.4 Å². The topological polar surface area (TPSA) is 50.4 Å². The molecule has 0 spiro atoms. The van der Waals surface area contributed by atoms with Crippen molar-refractivity contribution in [1.29, 1.82) is 0 Å². The number of carbonyl (C=O) groups is 1. The zero-order valence-corrected chi connectivity index (χ0v) is 11.2. The number of carbonyl (C=O) groups excluding carboxylic acids is 1. The van der Waals surface area contributed by atoms with Crippen molar-refractivity contribution < 1.29 is 13.9 Å². The minimum Gasteiger partial charge on any atom is -0.465 e.